The minimum Gasteiger partial charge on any atom is -0.539 e. The first-order valence-electron chi connectivity index (χ1n) is 8.51. The highest BCUT2D eigenvalue weighted by Crippen LogP contribution is 2.34. The number of rotatable bonds is 3. The van der Waals surface area contributed by atoms with Gasteiger partial charge in [0.2, 0.25) is 0 Å². The molecular weight excluding hydrogens is 323 g/mol. The van der Waals surface area contributed by atoms with Crippen molar-refractivity contribution in [3.05, 3.63) is 78.9 Å². The number of benzene rings is 4. The van der Waals surface area contributed by atoms with E-state index in [1.165, 1.54) is 16.3 Å². The van der Waals surface area contributed by atoms with Gasteiger partial charge in [-0.2, -0.15) is 0 Å². The lowest BCUT2D eigenvalue weighted by atomic mass is 9.99. The highest BCUT2D eigenvalue weighted by atomic mass is 16.5. The SMILES string of the molecule is OBOc1ccc2oc3ccc(-c4ccc5ccccc5c4)cc3c2c1. The molecule has 1 aromatic heterocycles. The summed E-state index contributed by atoms with van der Waals surface area (Å²) in [5, 5.41) is 13.5. The normalized spacial score (nSPS) is 11.3. The molecule has 0 bridgehead atoms. The first-order chi connectivity index (χ1) is 12.8. The van der Waals surface area contributed by atoms with Crippen molar-refractivity contribution in [3.8, 4) is 16.9 Å². The summed E-state index contributed by atoms with van der Waals surface area (Å²) in [6.45, 7) is 0. The minimum atomic E-state index is -0.344. The van der Waals surface area contributed by atoms with E-state index in [-0.39, 0.29) is 7.69 Å². The van der Waals surface area contributed by atoms with E-state index in [0.717, 1.165) is 27.5 Å². The smallest absolute Gasteiger partial charge is 0.504 e. The van der Waals surface area contributed by atoms with Crippen LogP contribution in [-0.2, 0) is 0 Å². The second kappa shape index (κ2) is 5.93. The lowest BCUT2D eigenvalue weighted by molar-refractivity contribution is 0.454. The van der Waals surface area contributed by atoms with E-state index in [2.05, 4.69) is 54.6 Å². The molecule has 0 radical (unpaired) electrons. The highest BCUT2D eigenvalue weighted by Gasteiger charge is 2.10. The van der Waals surface area contributed by atoms with Gasteiger partial charge in [0.05, 0.1) is 0 Å². The minimum absolute atomic E-state index is 0.344. The van der Waals surface area contributed by atoms with Crippen LogP contribution < -0.4 is 4.65 Å². The van der Waals surface area contributed by atoms with Crippen LogP contribution in [0.5, 0.6) is 5.75 Å². The third kappa shape index (κ3) is 2.43. The molecule has 0 aliphatic carbocycles. The average molecular weight is 338 g/mol. The van der Waals surface area contributed by atoms with E-state index in [4.69, 9.17) is 14.1 Å². The monoisotopic (exact) mass is 338 g/mol. The van der Waals surface area contributed by atoms with Gasteiger partial charge in [-0.25, -0.2) is 0 Å². The molecule has 1 N–H and O–H groups in total. The third-order valence-electron chi connectivity index (χ3n) is 4.75. The Morgan fingerprint density at radius 2 is 1.38 bits per heavy atom. The summed E-state index contributed by atoms with van der Waals surface area (Å²) in [7, 11) is -0.344. The molecule has 4 aromatic carbocycles. The Morgan fingerprint density at radius 1 is 0.692 bits per heavy atom. The van der Waals surface area contributed by atoms with Crippen LogP contribution in [0.15, 0.2) is 83.3 Å². The van der Waals surface area contributed by atoms with Gasteiger partial charge in [0, 0.05) is 10.8 Å². The van der Waals surface area contributed by atoms with Crippen LogP contribution in [0.1, 0.15) is 0 Å². The van der Waals surface area contributed by atoms with Gasteiger partial charge in [0.1, 0.15) is 16.9 Å². The molecule has 0 saturated heterocycles. The van der Waals surface area contributed by atoms with Gasteiger partial charge in [-0.3, -0.25) is 0 Å². The van der Waals surface area contributed by atoms with Crippen LogP contribution in [0.25, 0.3) is 43.8 Å². The Labute approximate surface area is 150 Å². The van der Waals surface area contributed by atoms with Crippen LogP contribution in [0.3, 0.4) is 0 Å². The van der Waals surface area contributed by atoms with Crippen molar-refractivity contribution in [2.75, 3.05) is 0 Å². The van der Waals surface area contributed by atoms with Crippen molar-refractivity contribution in [2.24, 2.45) is 0 Å². The predicted molar refractivity (Wildman–Crippen MR) is 107 cm³/mol. The zero-order valence-electron chi connectivity index (χ0n) is 14.0. The topological polar surface area (TPSA) is 42.6 Å². The van der Waals surface area contributed by atoms with Crippen molar-refractivity contribution in [1.29, 1.82) is 0 Å². The molecule has 0 fully saturated rings. The largest absolute Gasteiger partial charge is 0.539 e. The molecule has 0 saturated carbocycles. The molecule has 0 aliphatic heterocycles. The Morgan fingerprint density at radius 3 is 2.23 bits per heavy atom. The molecule has 4 heteroatoms. The van der Waals surface area contributed by atoms with Crippen molar-refractivity contribution in [1.82, 2.24) is 0 Å². The van der Waals surface area contributed by atoms with Crippen LogP contribution in [0, 0.1) is 0 Å². The molecule has 0 amide bonds. The number of furan rings is 1. The zero-order valence-corrected chi connectivity index (χ0v) is 14.0. The second-order valence-corrected chi connectivity index (χ2v) is 6.31. The summed E-state index contributed by atoms with van der Waals surface area (Å²) in [5.74, 6) is 0.624. The van der Waals surface area contributed by atoms with Crippen LogP contribution >= 0.6 is 0 Å². The maximum Gasteiger partial charge on any atom is 0.504 e. The van der Waals surface area contributed by atoms with E-state index in [0.29, 0.717) is 5.75 Å². The molecule has 124 valence electrons. The first kappa shape index (κ1) is 15.1. The molecule has 3 nitrogen and oxygen atoms in total. The molecular formula is C22H15BO3. The van der Waals surface area contributed by atoms with Crippen molar-refractivity contribution in [2.45, 2.75) is 0 Å². The lowest BCUT2D eigenvalue weighted by Gasteiger charge is -2.05. The fourth-order valence-electron chi connectivity index (χ4n) is 3.47. The van der Waals surface area contributed by atoms with Gasteiger partial charge < -0.3 is 14.1 Å². The molecule has 0 unspecified atom stereocenters. The van der Waals surface area contributed by atoms with Crippen molar-refractivity contribution in [3.63, 3.8) is 0 Å². The maximum absolute atomic E-state index is 8.99. The molecule has 0 atom stereocenters. The Bertz CT molecular complexity index is 1260. The van der Waals surface area contributed by atoms with Gasteiger partial charge in [0.25, 0.3) is 0 Å². The molecule has 0 aliphatic rings. The fraction of sp³-hybridized carbons (Fsp3) is 0. The van der Waals surface area contributed by atoms with Crippen LogP contribution in [-0.4, -0.2) is 12.7 Å². The number of hydrogen-bond acceptors (Lipinski definition) is 3. The van der Waals surface area contributed by atoms with Crippen LogP contribution in [0.2, 0.25) is 0 Å². The zero-order chi connectivity index (χ0) is 17.5. The highest BCUT2D eigenvalue weighted by molar-refractivity contribution is 6.17. The quantitative estimate of drug-likeness (QED) is 0.469. The Hall–Kier alpha value is -3.24. The van der Waals surface area contributed by atoms with Gasteiger partial charge in [0.15, 0.2) is 0 Å². The van der Waals surface area contributed by atoms with E-state index < -0.39 is 0 Å². The summed E-state index contributed by atoms with van der Waals surface area (Å²) in [5.41, 5.74) is 3.95. The van der Waals surface area contributed by atoms with Crippen molar-refractivity contribution >= 4 is 40.4 Å². The van der Waals surface area contributed by atoms with E-state index >= 15 is 0 Å². The second-order valence-electron chi connectivity index (χ2n) is 6.31. The Kier molecular flexibility index (Phi) is 3.44. The summed E-state index contributed by atoms with van der Waals surface area (Å²) in [6.07, 6.45) is 0. The summed E-state index contributed by atoms with van der Waals surface area (Å²) in [6, 6.07) is 26.7. The first-order valence-corrected chi connectivity index (χ1v) is 8.51. The fourth-order valence-corrected chi connectivity index (χ4v) is 3.47. The van der Waals surface area contributed by atoms with Gasteiger partial charge >= 0.3 is 7.69 Å². The number of hydrogen-bond donors (Lipinski definition) is 1. The third-order valence-corrected chi connectivity index (χ3v) is 4.75. The van der Waals surface area contributed by atoms with Gasteiger partial charge in [-0.05, 0) is 58.3 Å². The van der Waals surface area contributed by atoms with Crippen LogP contribution in [0.4, 0.5) is 0 Å². The van der Waals surface area contributed by atoms with Gasteiger partial charge in [-0.15, -0.1) is 0 Å². The maximum atomic E-state index is 8.99. The summed E-state index contributed by atoms with van der Waals surface area (Å²) >= 11 is 0. The number of fused-ring (bicyclic) bond motifs is 4. The Balaban J connectivity index is 1.69. The van der Waals surface area contributed by atoms with E-state index in [1.54, 1.807) is 6.07 Å². The molecule has 0 spiro atoms. The molecule has 1 heterocycles. The predicted octanol–water partition coefficient (Wildman–Crippen LogP) is 5.04. The van der Waals surface area contributed by atoms with E-state index in [1.807, 2.05) is 18.2 Å². The van der Waals surface area contributed by atoms with E-state index in [9.17, 15) is 0 Å². The van der Waals surface area contributed by atoms with Crippen molar-refractivity contribution < 1.29 is 14.1 Å². The summed E-state index contributed by atoms with van der Waals surface area (Å²) in [4.78, 5) is 0. The average Bonchev–Trinajstić information content (AvgIpc) is 3.05. The standard InChI is InChI=1S/C22H15BO3/c24-23-26-18-8-10-22-20(13-18)19-12-17(7-9-21(19)25-22)16-6-5-14-3-1-2-4-15(14)11-16/h1-13,23-24H. The van der Waals surface area contributed by atoms with Gasteiger partial charge in [-0.1, -0.05) is 42.5 Å². The molecule has 26 heavy (non-hydrogen) atoms. The lowest BCUT2D eigenvalue weighted by Crippen LogP contribution is -1.98. The summed E-state index contributed by atoms with van der Waals surface area (Å²) < 4.78 is 11.1. The molecule has 5 aromatic rings. The molecule has 5 rings (SSSR count).